The molecular formula is C65H102B3Br2Cs2K2N10O12. The van der Waals surface area contributed by atoms with Crippen molar-refractivity contribution in [3.05, 3.63) is 144 Å². The van der Waals surface area contributed by atoms with E-state index < -0.39 is 6.61 Å². The van der Waals surface area contributed by atoms with Gasteiger partial charge < -0.3 is 68.1 Å². The van der Waals surface area contributed by atoms with Crippen molar-refractivity contribution >= 4 is 83.0 Å². The molecule has 4 aromatic rings. The SMILES string of the molecule is BrCc1ccccc1.C.CC#N.CC#N.COC(=O)[B]Br.COC(=O)[B]N1[C@H](C)CN(Cc2ccccc2)C[C@@H]1C.C[C@@H]1CN(Cc2ccccc2)C[C@H](C)N1.C[C@@H]1CN(Cc2ccccc2)C[C@H](C)N1[B]C(=O)CO.C[C@@H]1CNC[C@H](C)N1.O=CO[O-].O=CO[O-].[Cs+].[Cs+].[H-].[H-].[K+].[K+]. The van der Waals surface area contributed by atoms with Crippen molar-refractivity contribution in [1.82, 2.24) is 40.3 Å². The molecule has 3 radical (unpaired) electrons. The predicted octanol–water partition coefficient (Wildman–Crippen LogP) is -5.33. The molecule has 0 spiro atoms. The standard InChI is InChI=1S/2C15H22BN2O2.C13H20N2.C7H7Br.C6H14N2.C2H3BBrO2.2C2H3N.2CH2O3.CH4.2Cs.2K.2H/c1-12-9-17(11-14-7-5-4-6-8-14)10-13(2)18(12)16-15(19)20-3;1-12-8-17(10-14-6-4-3-5-7-14)9-13(2)18(12)16-15(20)11-19;1-11-8-15(9-12(2)14-11)10-13-6-4-3-5-7-13;8-6-7-4-2-1-3-5-7;1-5-3-7-4-6(2)8-5;1-6-2(5)3-4;2*1-2-3;2*2-1-4-3;;;;;;;/h4-8,12-13H,9-11H2,1-3H3;3-7,12-13,19H,8-11H2,1-2H3;3-7,11-12,14H,8-10H2,1-2H3;1-5H,6H2;5-8H,3-4H2,1-2H3;1H3;2*1H3;2*1,3H;1H4;;;;;;/q;;;;;;;;;;;4*+1;2*-1/p-2/t2*12-,13+;11-,12+;;5-,6+;;;;;;;;;;;;. The number of rotatable bonds is 15. The molecule has 4 N–H and O–H groups in total. The number of aliphatic hydroxyl groups is 1. The van der Waals surface area contributed by atoms with E-state index in [0.717, 1.165) is 77.3 Å². The van der Waals surface area contributed by atoms with Crippen LogP contribution in [0.15, 0.2) is 121 Å². The Labute approximate surface area is 799 Å². The van der Waals surface area contributed by atoms with E-state index in [4.69, 9.17) is 40.5 Å². The summed E-state index contributed by atoms with van der Waals surface area (Å²) in [4.78, 5) is 66.7. The maximum atomic E-state index is 11.4. The van der Waals surface area contributed by atoms with Crippen LogP contribution in [0.4, 0.5) is 9.59 Å². The van der Waals surface area contributed by atoms with Crippen molar-refractivity contribution in [1.29, 1.82) is 10.5 Å². The van der Waals surface area contributed by atoms with Gasteiger partial charge in [0.15, 0.2) is 0 Å². The van der Waals surface area contributed by atoms with Crippen molar-refractivity contribution < 1.29 is 302 Å². The fraction of sp³-hybridized carbons (Fsp3) is 0.523. The summed E-state index contributed by atoms with van der Waals surface area (Å²) < 4.78 is 8.88. The van der Waals surface area contributed by atoms with E-state index in [1.807, 2.05) is 30.3 Å². The Hall–Kier alpha value is 1.50. The van der Waals surface area contributed by atoms with Gasteiger partial charge >= 0.3 is 261 Å². The predicted molar refractivity (Wildman–Crippen MR) is 372 cm³/mol. The molecule has 0 aliphatic carbocycles. The Morgan fingerprint density at radius 3 is 1.05 bits per heavy atom. The number of hydrogen-bond donors (Lipinski definition) is 4. The number of methoxy groups -OCH3 is 2. The van der Waals surface area contributed by atoms with Crippen LogP contribution in [0.2, 0.25) is 0 Å². The molecular weight excluding hydrogens is 1650 g/mol. The van der Waals surface area contributed by atoms with Gasteiger partial charge in [-0.15, -0.1) is 15.8 Å². The second kappa shape index (κ2) is 74.8. The quantitative estimate of drug-likeness (QED) is 0.0284. The molecule has 96 heavy (non-hydrogen) atoms. The summed E-state index contributed by atoms with van der Waals surface area (Å²) in [7, 11) is 5.89. The molecule has 0 unspecified atom stereocenters. The fourth-order valence-corrected chi connectivity index (χ4v) is 10.4. The second-order valence-corrected chi connectivity index (χ2v) is 22.4. The molecule has 8 rings (SSSR count). The minimum Gasteiger partial charge on any atom is -1.00 e. The third-order valence-electron chi connectivity index (χ3n) is 13.2. The maximum Gasteiger partial charge on any atom is 1.00 e. The zero-order valence-corrected chi connectivity index (χ0v) is 81.0. The molecule has 4 aliphatic heterocycles. The van der Waals surface area contributed by atoms with Crippen molar-refractivity contribution in [2.75, 3.05) is 73.2 Å². The molecule has 511 valence electrons. The largest absolute Gasteiger partial charge is 1.00 e. The number of aliphatic hydroxyl groups excluding tert-OH is 1. The van der Waals surface area contributed by atoms with Crippen molar-refractivity contribution in [2.45, 2.75) is 150 Å². The summed E-state index contributed by atoms with van der Waals surface area (Å²) >= 11 is 6.13. The minimum absolute atomic E-state index is 0. The zero-order valence-electron chi connectivity index (χ0n) is 61.1. The van der Waals surface area contributed by atoms with Gasteiger partial charge in [-0.25, -0.2) is 0 Å². The average molecular weight is 1750 g/mol. The summed E-state index contributed by atoms with van der Waals surface area (Å²) in [6, 6.07) is 49.1. The number of alkyl halides is 1. The third-order valence-corrected chi connectivity index (χ3v) is 14.3. The summed E-state index contributed by atoms with van der Waals surface area (Å²) in [5.41, 5.74) is 5.17. The Morgan fingerprint density at radius 1 is 0.562 bits per heavy atom. The Kier molecular flexibility index (Phi) is 86.3. The van der Waals surface area contributed by atoms with Gasteiger partial charge in [-0.1, -0.05) is 145 Å². The number of piperazine rings is 4. The molecule has 4 fully saturated rings. The number of nitrogens with zero attached hydrogens (tertiary/aromatic N) is 7. The van der Waals surface area contributed by atoms with Gasteiger partial charge in [0, 0.05) is 140 Å². The van der Waals surface area contributed by atoms with Gasteiger partial charge in [0.05, 0.1) is 33.0 Å². The normalized spacial score (nSPS) is 19.7. The number of nitriles is 2. The van der Waals surface area contributed by atoms with Crippen LogP contribution in [0.5, 0.6) is 0 Å². The molecule has 0 saturated carbocycles. The number of nitrogens with one attached hydrogen (secondary N) is 3. The summed E-state index contributed by atoms with van der Waals surface area (Å²) in [6.07, 6.45) is 1.17. The molecule has 0 amide bonds. The van der Waals surface area contributed by atoms with E-state index in [-0.39, 0.29) is 293 Å². The molecule has 0 bridgehead atoms. The molecule has 22 nitrogen and oxygen atoms in total. The van der Waals surface area contributed by atoms with Crippen LogP contribution in [-0.2, 0) is 58.6 Å². The number of carbonyl (C=O) groups excluding carboxylic acids is 5. The molecule has 4 saturated heterocycles. The number of hydrogen-bond acceptors (Lipinski definition) is 22. The average Bonchev–Trinajstić information content (AvgIpc) is 0.845. The van der Waals surface area contributed by atoms with Crippen LogP contribution in [-0.4, -0.2) is 202 Å². The first-order chi connectivity index (χ1) is 43.6. The first-order valence-electron chi connectivity index (χ1n) is 29.8. The Balaban J connectivity index is -0.000000136. The van der Waals surface area contributed by atoms with Gasteiger partial charge in [0.1, 0.15) is 5.68 Å². The summed E-state index contributed by atoms with van der Waals surface area (Å²) in [6.45, 7) is 30.8. The van der Waals surface area contributed by atoms with Crippen LogP contribution in [0.25, 0.3) is 0 Å². The molecule has 4 aliphatic rings. The van der Waals surface area contributed by atoms with Gasteiger partial charge in [0.25, 0.3) is 24.7 Å². The van der Waals surface area contributed by atoms with Crippen LogP contribution in [0, 0.1) is 22.7 Å². The van der Waals surface area contributed by atoms with E-state index in [2.05, 4.69) is 233 Å². The first-order valence-corrected chi connectivity index (χ1v) is 31.8. The number of carbonyl (C=O) groups is 5. The van der Waals surface area contributed by atoms with E-state index in [0.29, 0.717) is 36.3 Å². The number of ether oxygens (including phenoxy) is 2. The van der Waals surface area contributed by atoms with Gasteiger partial charge in [-0.3, -0.25) is 33.9 Å². The summed E-state index contributed by atoms with van der Waals surface area (Å²) in [5.74, 6) is -0.643. The zero-order chi connectivity index (χ0) is 68.8. The Morgan fingerprint density at radius 2 is 0.833 bits per heavy atom. The monoisotopic (exact) mass is 1750 g/mol. The summed E-state index contributed by atoms with van der Waals surface area (Å²) in [5, 5.41) is 51.6. The molecule has 8 atom stereocenters. The fourth-order valence-electron chi connectivity index (χ4n) is 9.86. The van der Waals surface area contributed by atoms with Crippen molar-refractivity contribution in [3.63, 3.8) is 0 Å². The van der Waals surface area contributed by atoms with E-state index in [1.54, 1.807) is 27.0 Å². The second-order valence-electron chi connectivity index (χ2n) is 21.4. The Bertz CT molecular complexity index is 2440. The van der Waals surface area contributed by atoms with Crippen LogP contribution >= 0.6 is 31.7 Å². The molecule has 0 aromatic heterocycles. The number of halogens is 2. The maximum absolute atomic E-state index is 11.4. The van der Waals surface area contributed by atoms with Gasteiger partial charge in [-0.05, 0) is 77.6 Å². The molecule has 4 heterocycles. The van der Waals surface area contributed by atoms with E-state index >= 15 is 0 Å². The van der Waals surface area contributed by atoms with Crippen LogP contribution < -0.4 is 267 Å². The van der Waals surface area contributed by atoms with Gasteiger partial charge in [-0.2, -0.15) is 10.5 Å². The third kappa shape index (κ3) is 59.7. The van der Waals surface area contributed by atoms with E-state index in [1.165, 1.54) is 56.4 Å². The van der Waals surface area contributed by atoms with E-state index in [9.17, 15) is 14.4 Å². The molecule has 4 aromatic carbocycles. The topological polar surface area (TPSA) is 288 Å². The van der Waals surface area contributed by atoms with Gasteiger partial charge in [0.2, 0.25) is 0 Å². The smallest absolute Gasteiger partial charge is 1.00 e. The van der Waals surface area contributed by atoms with Crippen molar-refractivity contribution in [2.24, 2.45) is 0 Å². The number of benzene rings is 4. The minimum atomic E-state index is -0.413. The van der Waals surface area contributed by atoms with Crippen molar-refractivity contribution in [3.8, 4) is 12.1 Å². The van der Waals surface area contributed by atoms with Crippen LogP contribution in [0.3, 0.4) is 0 Å². The van der Waals surface area contributed by atoms with Crippen LogP contribution in [0.1, 0.15) is 102 Å². The first kappa shape index (κ1) is 111. The molecule has 31 heteroatoms.